The first-order valence-electron chi connectivity index (χ1n) is 6.63. The Morgan fingerprint density at radius 2 is 2.00 bits per heavy atom. The predicted molar refractivity (Wildman–Crippen MR) is 81.4 cm³/mol. The molecule has 0 amide bonds. The molecule has 0 aliphatic rings. The van der Waals surface area contributed by atoms with Crippen LogP contribution in [0.1, 0.15) is 22.9 Å². The van der Waals surface area contributed by atoms with Gasteiger partial charge < -0.3 is 5.11 Å². The lowest BCUT2D eigenvalue weighted by molar-refractivity contribution is 0.103. The van der Waals surface area contributed by atoms with Gasteiger partial charge in [-0.1, -0.05) is 53.7 Å². The van der Waals surface area contributed by atoms with E-state index in [4.69, 9.17) is 6.48 Å². The molecule has 2 rings (SSSR count). The first-order valence-corrected chi connectivity index (χ1v) is 7.13. The van der Waals surface area contributed by atoms with Crippen LogP contribution in [0.25, 0.3) is 0 Å². The molecular formula is C16H16O2Si. The maximum atomic E-state index is 12.5. The third kappa shape index (κ3) is 3.20. The third-order valence-electron chi connectivity index (χ3n) is 2.88. The van der Waals surface area contributed by atoms with E-state index in [9.17, 15) is 4.79 Å². The first-order chi connectivity index (χ1) is 9.65. The zero-order chi connectivity index (χ0) is 14.5. The Bertz CT molecular complexity index is 651. The molecule has 2 aromatic rings. The molecule has 0 aromatic heterocycles. The smallest absolute Gasteiger partial charge is 0.193 e. The third-order valence-corrected chi connectivity index (χ3v) is 3.46. The molecule has 19 heavy (non-hydrogen) atoms. The molecule has 1 N–H and O–H groups in total. The summed E-state index contributed by atoms with van der Waals surface area (Å²) in [6.45, 7) is 0. The lowest BCUT2D eigenvalue weighted by Gasteiger charge is -2.08. The van der Waals surface area contributed by atoms with Gasteiger partial charge in [0.2, 0.25) is 0 Å². The summed E-state index contributed by atoms with van der Waals surface area (Å²) in [6.07, 6.45) is 2.89. The SMILES string of the molecule is [2H]c1c([SiH3])ccc(C(=O)c2ccccc2)c1CC=CO. The highest BCUT2D eigenvalue weighted by molar-refractivity contribution is 6.32. The van der Waals surface area contributed by atoms with Crippen molar-refractivity contribution < 1.29 is 11.3 Å². The maximum Gasteiger partial charge on any atom is 0.193 e. The Morgan fingerprint density at radius 1 is 1.26 bits per heavy atom. The molecule has 3 heteroatoms. The van der Waals surface area contributed by atoms with E-state index in [0.29, 0.717) is 29.2 Å². The highest BCUT2D eigenvalue weighted by Crippen LogP contribution is 2.14. The number of hydrogen-bond acceptors (Lipinski definition) is 2. The van der Waals surface area contributed by atoms with Gasteiger partial charge in [0.05, 0.1) is 7.63 Å². The van der Waals surface area contributed by atoms with Crippen LogP contribution in [0.4, 0.5) is 0 Å². The van der Waals surface area contributed by atoms with Crippen LogP contribution in [0, 0.1) is 0 Å². The summed E-state index contributed by atoms with van der Waals surface area (Å²) in [4.78, 5) is 12.5. The molecule has 0 saturated heterocycles. The number of allylic oxidation sites excluding steroid dienone is 1. The van der Waals surface area contributed by atoms with Gasteiger partial charge in [0.15, 0.2) is 5.78 Å². The zero-order valence-corrected chi connectivity index (χ0v) is 12.8. The minimum atomic E-state index is -0.0814. The number of hydrogen-bond donors (Lipinski definition) is 1. The van der Waals surface area contributed by atoms with Gasteiger partial charge in [-0.25, -0.2) is 0 Å². The fourth-order valence-electron chi connectivity index (χ4n) is 1.95. The number of carbonyl (C=O) groups excluding carboxylic acids is 1. The van der Waals surface area contributed by atoms with Crippen molar-refractivity contribution in [3.05, 3.63) is 77.5 Å². The maximum absolute atomic E-state index is 12.5. The van der Waals surface area contributed by atoms with Crippen molar-refractivity contribution in [2.75, 3.05) is 0 Å². The van der Waals surface area contributed by atoms with Crippen molar-refractivity contribution in [3.63, 3.8) is 0 Å². The van der Waals surface area contributed by atoms with E-state index in [2.05, 4.69) is 0 Å². The number of ketones is 1. The molecule has 0 heterocycles. The fraction of sp³-hybridized carbons (Fsp3) is 0.0625. The summed E-state index contributed by atoms with van der Waals surface area (Å²) < 4.78 is 8.14. The second kappa shape index (κ2) is 6.16. The van der Waals surface area contributed by atoms with Crippen LogP contribution >= 0.6 is 0 Å². The molecule has 0 spiro atoms. The molecule has 0 bridgehead atoms. The summed E-state index contributed by atoms with van der Waals surface area (Å²) in [5.74, 6) is -0.0814. The van der Waals surface area contributed by atoms with Crippen LogP contribution in [-0.2, 0) is 6.42 Å². The highest BCUT2D eigenvalue weighted by Gasteiger charge is 2.12. The molecule has 2 nitrogen and oxygen atoms in total. The Balaban J connectivity index is 2.51. The number of carbonyl (C=O) groups is 1. The van der Waals surface area contributed by atoms with Gasteiger partial charge >= 0.3 is 0 Å². The first kappa shape index (κ1) is 11.9. The van der Waals surface area contributed by atoms with Crippen molar-refractivity contribution >= 4 is 21.2 Å². The minimum absolute atomic E-state index is 0.0814. The lowest BCUT2D eigenvalue weighted by Crippen LogP contribution is -2.10. The van der Waals surface area contributed by atoms with Crippen LogP contribution in [0.3, 0.4) is 0 Å². The molecule has 0 saturated carbocycles. The Morgan fingerprint density at radius 3 is 2.68 bits per heavy atom. The molecule has 0 atom stereocenters. The van der Waals surface area contributed by atoms with E-state index in [1.807, 2.05) is 24.3 Å². The van der Waals surface area contributed by atoms with E-state index in [1.54, 1.807) is 24.3 Å². The Kier molecular flexibility index (Phi) is 3.87. The van der Waals surface area contributed by atoms with Crippen LogP contribution in [-0.4, -0.2) is 21.1 Å². The second-order valence-corrected chi connectivity index (χ2v) is 5.39. The summed E-state index contributed by atoms with van der Waals surface area (Å²) in [5.41, 5.74) is 1.83. The van der Waals surface area contributed by atoms with Gasteiger partial charge in [-0.15, -0.1) is 0 Å². The average molecular weight is 269 g/mol. The Hall–Kier alpha value is -2.13. The van der Waals surface area contributed by atoms with Gasteiger partial charge in [-0.05, 0) is 18.1 Å². The summed E-state index contributed by atoms with van der Waals surface area (Å²) >= 11 is 0. The largest absolute Gasteiger partial charge is 0.516 e. The van der Waals surface area contributed by atoms with Crippen molar-refractivity contribution in [3.8, 4) is 0 Å². The monoisotopic (exact) mass is 269 g/mol. The molecule has 2 aromatic carbocycles. The standard InChI is InChI=1S/C16H16O2Si/c17-10-4-7-13-11-14(19)8-9-15(13)16(18)12-5-2-1-3-6-12/h1-6,8-11,17H,7H2,19H3/i11D. The van der Waals surface area contributed by atoms with Crippen LogP contribution in [0.5, 0.6) is 0 Å². The molecule has 96 valence electrons. The van der Waals surface area contributed by atoms with Crippen molar-refractivity contribution in [2.45, 2.75) is 6.42 Å². The van der Waals surface area contributed by atoms with E-state index in [-0.39, 0.29) is 5.78 Å². The quantitative estimate of drug-likeness (QED) is 0.519. The van der Waals surface area contributed by atoms with Crippen molar-refractivity contribution in [2.24, 2.45) is 0 Å². The number of rotatable bonds is 4. The van der Waals surface area contributed by atoms with Gasteiger partial charge in [0, 0.05) is 21.4 Å². The van der Waals surface area contributed by atoms with Gasteiger partial charge in [-0.2, -0.15) is 0 Å². The molecule has 0 unspecified atom stereocenters. The molecular weight excluding hydrogens is 252 g/mol. The highest BCUT2D eigenvalue weighted by atomic mass is 28.1. The van der Waals surface area contributed by atoms with Gasteiger partial charge in [0.25, 0.3) is 0 Å². The van der Waals surface area contributed by atoms with Crippen LogP contribution in [0.2, 0.25) is 0 Å². The van der Waals surface area contributed by atoms with Crippen molar-refractivity contribution in [1.82, 2.24) is 0 Å². The van der Waals surface area contributed by atoms with Gasteiger partial charge in [-0.3, -0.25) is 4.79 Å². The average Bonchev–Trinajstić information content (AvgIpc) is 2.49. The number of benzene rings is 2. The Labute approximate surface area is 117 Å². The number of aliphatic hydroxyl groups excluding tert-OH is 1. The van der Waals surface area contributed by atoms with Gasteiger partial charge in [0.1, 0.15) is 0 Å². The lowest BCUT2D eigenvalue weighted by atomic mass is 9.96. The topological polar surface area (TPSA) is 37.3 Å². The van der Waals surface area contributed by atoms with Crippen molar-refractivity contribution in [1.29, 1.82) is 0 Å². The van der Waals surface area contributed by atoms with Crippen LogP contribution < -0.4 is 5.19 Å². The zero-order valence-electron chi connectivity index (χ0n) is 11.8. The number of aliphatic hydroxyl groups is 1. The normalized spacial score (nSPS) is 11.7. The summed E-state index contributed by atoms with van der Waals surface area (Å²) in [6, 6.07) is 13.1. The van der Waals surface area contributed by atoms with E-state index in [1.165, 1.54) is 0 Å². The molecule has 0 fully saturated rings. The van der Waals surface area contributed by atoms with Crippen LogP contribution in [0.15, 0.2) is 60.8 Å². The molecule has 0 aliphatic carbocycles. The fourth-order valence-corrected chi connectivity index (χ4v) is 2.41. The minimum Gasteiger partial charge on any atom is -0.516 e. The molecule has 0 radical (unpaired) electrons. The second-order valence-electron chi connectivity index (χ2n) is 4.32. The van der Waals surface area contributed by atoms with E-state index in [0.717, 1.165) is 21.7 Å². The predicted octanol–water partition coefficient (Wildman–Crippen LogP) is 1.52. The summed E-state index contributed by atoms with van der Waals surface area (Å²) in [5, 5.41) is 9.77. The van der Waals surface area contributed by atoms with E-state index < -0.39 is 0 Å². The molecule has 0 aliphatic heterocycles. The van der Waals surface area contributed by atoms with E-state index >= 15 is 0 Å². The summed E-state index contributed by atoms with van der Waals surface area (Å²) in [7, 11) is 0.762.